The zero-order chi connectivity index (χ0) is 22.6. The molecular formula is C19H23N3O7S. The van der Waals surface area contributed by atoms with Gasteiger partial charge < -0.3 is 14.8 Å². The van der Waals surface area contributed by atoms with Gasteiger partial charge in [0.2, 0.25) is 15.9 Å². The third kappa shape index (κ3) is 4.98. The van der Waals surface area contributed by atoms with Crippen molar-refractivity contribution in [1.82, 2.24) is 0 Å². The number of nitro benzene ring substituents is 1. The van der Waals surface area contributed by atoms with Crippen molar-refractivity contribution >= 4 is 33.0 Å². The monoisotopic (exact) mass is 437 g/mol. The molecule has 0 unspecified atom stereocenters. The standard InChI is InChI=1S/C19H23N3O7S/c1-12-6-7-14(22(24)25)10-17(12)21(30(5,26)27)13(2)19(23)20-16-11-15(28-3)8-9-18(16)29-4/h6-11,13H,1-5H3,(H,20,23)/t13-/m1/s1. The van der Waals surface area contributed by atoms with Gasteiger partial charge in [-0.2, -0.15) is 0 Å². The van der Waals surface area contributed by atoms with Crippen LogP contribution in [0.2, 0.25) is 0 Å². The third-order valence-electron chi connectivity index (χ3n) is 4.39. The van der Waals surface area contributed by atoms with Crippen molar-refractivity contribution in [3.63, 3.8) is 0 Å². The molecule has 0 heterocycles. The van der Waals surface area contributed by atoms with Crippen LogP contribution in [0.3, 0.4) is 0 Å². The highest BCUT2D eigenvalue weighted by Gasteiger charge is 2.31. The van der Waals surface area contributed by atoms with E-state index >= 15 is 0 Å². The number of carbonyl (C=O) groups is 1. The fourth-order valence-corrected chi connectivity index (χ4v) is 4.10. The van der Waals surface area contributed by atoms with Crippen molar-refractivity contribution in [2.24, 2.45) is 0 Å². The van der Waals surface area contributed by atoms with Crippen LogP contribution in [0.15, 0.2) is 36.4 Å². The lowest BCUT2D eigenvalue weighted by atomic mass is 10.1. The summed E-state index contributed by atoms with van der Waals surface area (Å²) in [6.07, 6.45) is 0.932. The fraction of sp³-hybridized carbons (Fsp3) is 0.316. The van der Waals surface area contributed by atoms with Crippen molar-refractivity contribution in [2.75, 3.05) is 30.1 Å². The molecule has 1 amide bonds. The summed E-state index contributed by atoms with van der Waals surface area (Å²) in [5.41, 5.74) is 0.515. The molecule has 2 aromatic carbocycles. The molecule has 0 aliphatic heterocycles. The Bertz CT molecular complexity index is 1070. The number of hydrogen-bond acceptors (Lipinski definition) is 7. The topological polar surface area (TPSA) is 128 Å². The lowest BCUT2D eigenvalue weighted by Gasteiger charge is -2.29. The maximum atomic E-state index is 12.9. The van der Waals surface area contributed by atoms with E-state index in [0.717, 1.165) is 16.6 Å². The van der Waals surface area contributed by atoms with E-state index in [1.807, 2.05) is 0 Å². The summed E-state index contributed by atoms with van der Waals surface area (Å²) in [5.74, 6) is 0.167. The lowest BCUT2D eigenvalue weighted by Crippen LogP contribution is -2.45. The number of aryl methyl sites for hydroxylation is 1. The van der Waals surface area contributed by atoms with Gasteiger partial charge in [0.1, 0.15) is 17.5 Å². The molecule has 0 aliphatic rings. The molecule has 0 saturated heterocycles. The van der Waals surface area contributed by atoms with Crippen LogP contribution >= 0.6 is 0 Å². The molecule has 1 atom stereocenters. The number of hydrogen-bond donors (Lipinski definition) is 1. The molecule has 2 aromatic rings. The summed E-state index contributed by atoms with van der Waals surface area (Å²) in [6, 6.07) is 7.40. The molecule has 162 valence electrons. The number of anilines is 2. The van der Waals surface area contributed by atoms with Crippen LogP contribution in [0.25, 0.3) is 0 Å². The highest BCUT2D eigenvalue weighted by molar-refractivity contribution is 7.92. The number of nitro groups is 1. The maximum Gasteiger partial charge on any atom is 0.271 e. The fourth-order valence-electron chi connectivity index (χ4n) is 2.88. The highest BCUT2D eigenvalue weighted by atomic mass is 32.2. The van der Waals surface area contributed by atoms with Crippen LogP contribution < -0.4 is 19.1 Å². The number of sulfonamides is 1. The smallest absolute Gasteiger partial charge is 0.271 e. The average molecular weight is 437 g/mol. The quantitative estimate of drug-likeness (QED) is 0.497. The molecule has 0 aromatic heterocycles. The second kappa shape index (κ2) is 8.99. The van der Waals surface area contributed by atoms with Gasteiger partial charge in [0.05, 0.1) is 36.8 Å². The molecular weight excluding hydrogens is 414 g/mol. The summed E-state index contributed by atoms with van der Waals surface area (Å²) in [6.45, 7) is 2.99. The molecule has 11 heteroatoms. The number of benzene rings is 2. The summed E-state index contributed by atoms with van der Waals surface area (Å²) in [4.78, 5) is 23.4. The Morgan fingerprint density at radius 3 is 2.37 bits per heavy atom. The van der Waals surface area contributed by atoms with E-state index in [1.165, 1.54) is 39.3 Å². The molecule has 2 rings (SSSR count). The lowest BCUT2D eigenvalue weighted by molar-refractivity contribution is -0.384. The second-order valence-corrected chi connectivity index (χ2v) is 8.38. The SMILES string of the molecule is COc1ccc(OC)c(NC(=O)[C@@H](C)N(c2cc([N+](=O)[O-])ccc2C)S(C)(=O)=O)c1. The molecule has 0 fully saturated rings. The maximum absolute atomic E-state index is 12.9. The molecule has 1 N–H and O–H groups in total. The van der Waals surface area contributed by atoms with Crippen LogP contribution in [-0.2, 0) is 14.8 Å². The minimum atomic E-state index is -3.95. The van der Waals surface area contributed by atoms with Gasteiger partial charge in [0, 0.05) is 18.2 Å². The van der Waals surface area contributed by atoms with Crippen molar-refractivity contribution < 1.29 is 27.6 Å². The largest absolute Gasteiger partial charge is 0.497 e. The van der Waals surface area contributed by atoms with E-state index in [-0.39, 0.29) is 17.1 Å². The van der Waals surface area contributed by atoms with Gasteiger partial charge in [-0.3, -0.25) is 19.2 Å². The first-order valence-electron chi connectivity index (χ1n) is 8.77. The zero-order valence-corrected chi connectivity index (χ0v) is 18.0. The number of carbonyl (C=O) groups excluding carboxylic acids is 1. The van der Waals surface area contributed by atoms with Crippen LogP contribution in [0.4, 0.5) is 17.1 Å². The van der Waals surface area contributed by atoms with Gasteiger partial charge in [0.25, 0.3) is 5.69 Å². The molecule has 0 spiro atoms. The van der Waals surface area contributed by atoms with E-state index in [0.29, 0.717) is 17.1 Å². The summed E-state index contributed by atoms with van der Waals surface area (Å²) in [5, 5.41) is 13.8. The molecule has 0 bridgehead atoms. The Balaban J connectivity index is 2.47. The zero-order valence-electron chi connectivity index (χ0n) is 17.2. The van der Waals surface area contributed by atoms with Crippen LogP contribution in [0.1, 0.15) is 12.5 Å². The van der Waals surface area contributed by atoms with Gasteiger partial charge in [-0.1, -0.05) is 6.07 Å². The van der Waals surface area contributed by atoms with Crippen molar-refractivity contribution in [1.29, 1.82) is 0 Å². The molecule has 0 saturated carbocycles. The highest BCUT2D eigenvalue weighted by Crippen LogP contribution is 2.32. The van der Waals surface area contributed by atoms with E-state index in [9.17, 15) is 23.3 Å². The van der Waals surface area contributed by atoms with Gasteiger partial charge in [0.15, 0.2) is 0 Å². The third-order valence-corrected chi connectivity index (χ3v) is 5.62. The average Bonchev–Trinajstić information content (AvgIpc) is 2.68. The van der Waals surface area contributed by atoms with Crippen molar-refractivity contribution in [3.8, 4) is 11.5 Å². The van der Waals surface area contributed by atoms with E-state index in [2.05, 4.69) is 5.32 Å². The minimum absolute atomic E-state index is 0.0481. The number of ether oxygens (including phenoxy) is 2. The normalized spacial score (nSPS) is 12.0. The minimum Gasteiger partial charge on any atom is -0.497 e. The Labute approximate surface area is 174 Å². The number of non-ortho nitro benzene ring substituents is 1. The summed E-state index contributed by atoms with van der Waals surface area (Å²) < 4.78 is 36.3. The van der Waals surface area contributed by atoms with E-state index < -0.39 is 26.9 Å². The number of methoxy groups -OCH3 is 2. The van der Waals surface area contributed by atoms with E-state index in [4.69, 9.17) is 9.47 Å². The molecule has 0 radical (unpaired) electrons. The van der Waals surface area contributed by atoms with Gasteiger partial charge in [-0.05, 0) is 31.5 Å². The molecule has 0 aliphatic carbocycles. The predicted octanol–water partition coefficient (Wildman–Crippen LogP) is 2.71. The Morgan fingerprint density at radius 1 is 1.17 bits per heavy atom. The number of nitrogens with zero attached hydrogens (tertiary/aromatic N) is 2. The summed E-state index contributed by atoms with van der Waals surface area (Å²) in [7, 11) is -1.06. The number of nitrogens with one attached hydrogen (secondary N) is 1. The Hall–Kier alpha value is -3.34. The van der Waals surface area contributed by atoms with E-state index in [1.54, 1.807) is 19.1 Å². The number of rotatable bonds is 8. The van der Waals surface area contributed by atoms with Crippen molar-refractivity contribution in [2.45, 2.75) is 19.9 Å². The Morgan fingerprint density at radius 2 is 1.83 bits per heavy atom. The first-order chi connectivity index (χ1) is 14.0. The van der Waals surface area contributed by atoms with Gasteiger partial charge >= 0.3 is 0 Å². The first kappa shape index (κ1) is 22.9. The second-order valence-electron chi connectivity index (χ2n) is 6.52. The van der Waals surface area contributed by atoms with Crippen LogP contribution in [-0.4, -0.2) is 45.8 Å². The van der Waals surface area contributed by atoms with Crippen molar-refractivity contribution in [3.05, 3.63) is 52.1 Å². The molecule has 10 nitrogen and oxygen atoms in total. The predicted molar refractivity (Wildman–Crippen MR) is 113 cm³/mol. The first-order valence-corrected chi connectivity index (χ1v) is 10.6. The van der Waals surface area contributed by atoms with Crippen LogP contribution in [0, 0.1) is 17.0 Å². The van der Waals surface area contributed by atoms with Gasteiger partial charge in [-0.15, -0.1) is 0 Å². The molecule has 30 heavy (non-hydrogen) atoms. The summed E-state index contributed by atoms with van der Waals surface area (Å²) >= 11 is 0. The van der Waals surface area contributed by atoms with Gasteiger partial charge in [-0.25, -0.2) is 8.42 Å². The number of amides is 1. The Kier molecular flexibility index (Phi) is 6.88. The van der Waals surface area contributed by atoms with Crippen LogP contribution in [0.5, 0.6) is 11.5 Å².